The van der Waals surface area contributed by atoms with Crippen LogP contribution in [0.3, 0.4) is 0 Å². The van der Waals surface area contributed by atoms with Crippen molar-refractivity contribution in [3.8, 4) is 17.0 Å². The van der Waals surface area contributed by atoms with Crippen LogP contribution in [0.4, 0.5) is 0 Å². The number of carbonyl (C=O) groups excluding carboxylic acids is 1. The molecule has 45 heavy (non-hydrogen) atoms. The maximum Gasteiger partial charge on any atom is 0.305 e. The van der Waals surface area contributed by atoms with E-state index in [9.17, 15) is 18.0 Å². The van der Waals surface area contributed by atoms with Crippen LogP contribution in [0.1, 0.15) is 59.6 Å². The SMILES string of the molecule is COc1cccc(S(=O)(=O)C2CCC(c3cc(-c4cc(Cl)cc(Cl)c4)nn3Cc3ccc(C(=O)NCCC(=O)O)cc3)CC2)c1. The number of sulfone groups is 1. The van der Waals surface area contributed by atoms with Crippen LogP contribution >= 0.6 is 23.2 Å². The number of aromatic nitrogens is 2. The second-order valence-corrected chi connectivity index (χ2v) is 14.2. The number of hydrogen-bond acceptors (Lipinski definition) is 6. The first-order chi connectivity index (χ1) is 21.5. The second-order valence-electron chi connectivity index (χ2n) is 11.1. The summed E-state index contributed by atoms with van der Waals surface area (Å²) in [5.41, 5.74) is 3.79. The van der Waals surface area contributed by atoms with Crippen molar-refractivity contribution in [2.75, 3.05) is 13.7 Å². The van der Waals surface area contributed by atoms with E-state index in [0.717, 1.165) is 16.8 Å². The predicted octanol–water partition coefficient (Wildman–Crippen LogP) is 6.62. The first-order valence-corrected chi connectivity index (χ1v) is 16.8. The van der Waals surface area contributed by atoms with Crippen LogP contribution in [-0.2, 0) is 21.2 Å². The van der Waals surface area contributed by atoms with Gasteiger partial charge in [-0.3, -0.25) is 14.3 Å². The smallest absolute Gasteiger partial charge is 0.305 e. The van der Waals surface area contributed by atoms with Crippen LogP contribution in [0.15, 0.2) is 77.7 Å². The summed E-state index contributed by atoms with van der Waals surface area (Å²) in [5.74, 6) is -0.735. The maximum atomic E-state index is 13.5. The van der Waals surface area contributed by atoms with Gasteiger partial charge >= 0.3 is 5.97 Å². The molecular weight excluding hydrogens is 637 g/mol. The summed E-state index contributed by atoms with van der Waals surface area (Å²) in [6.07, 6.45) is 2.22. The van der Waals surface area contributed by atoms with Gasteiger partial charge in [0.2, 0.25) is 0 Å². The minimum Gasteiger partial charge on any atom is -0.497 e. The Labute approximate surface area is 272 Å². The predicted molar refractivity (Wildman–Crippen MR) is 173 cm³/mol. The first kappa shape index (κ1) is 32.5. The molecule has 1 saturated carbocycles. The van der Waals surface area contributed by atoms with Gasteiger partial charge in [0, 0.05) is 39.3 Å². The molecule has 0 atom stereocenters. The van der Waals surface area contributed by atoms with Gasteiger partial charge in [0.1, 0.15) is 5.75 Å². The number of ether oxygens (including phenoxy) is 1. The van der Waals surface area contributed by atoms with E-state index >= 15 is 0 Å². The molecule has 0 radical (unpaired) electrons. The van der Waals surface area contributed by atoms with Crippen molar-refractivity contribution in [1.82, 2.24) is 15.1 Å². The zero-order valence-electron chi connectivity index (χ0n) is 24.6. The third kappa shape index (κ3) is 7.87. The lowest BCUT2D eigenvalue weighted by Gasteiger charge is -2.29. The third-order valence-corrected chi connectivity index (χ3v) is 10.7. The van der Waals surface area contributed by atoms with E-state index in [1.165, 1.54) is 7.11 Å². The lowest BCUT2D eigenvalue weighted by atomic mass is 9.86. The number of methoxy groups -OCH3 is 1. The molecule has 2 N–H and O–H groups in total. The highest BCUT2D eigenvalue weighted by atomic mass is 35.5. The molecule has 1 heterocycles. The summed E-state index contributed by atoms with van der Waals surface area (Å²) in [7, 11) is -2.01. The van der Waals surface area contributed by atoms with Crippen molar-refractivity contribution in [3.05, 3.63) is 99.7 Å². The van der Waals surface area contributed by atoms with Gasteiger partial charge in [-0.1, -0.05) is 41.4 Å². The topological polar surface area (TPSA) is 128 Å². The molecule has 0 saturated heterocycles. The van der Waals surface area contributed by atoms with Crippen LogP contribution in [-0.4, -0.2) is 54.1 Å². The van der Waals surface area contributed by atoms with Crippen LogP contribution < -0.4 is 10.1 Å². The molecule has 1 aliphatic carbocycles. The minimum atomic E-state index is -3.52. The Hall–Kier alpha value is -3.86. The number of halogens is 2. The highest BCUT2D eigenvalue weighted by Crippen LogP contribution is 2.39. The van der Waals surface area contributed by atoms with Gasteiger partial charge < -0.3 is 15.2 Å². The molecule has 1 amide bonds. The Kier molecular flexibility index (Phi) is 10.2. The lowest BCUT2D eigenvalue weighted by Crippen LogP contribution is -2.27. The molecule has 236 valence electrons. The molecule has 5 rings (SSSR count). The fraction of sp³-hybridized carbons (Fsp3) is 0.303. The van der Waals surface area contributed by atoms with Gasteiger partial charge in [0.05, 0.1) is 35.9 Å². The number of hydrogen-bond donors (Lipinski definition) is 2. The maximum absolute atomic E-state index is 13.5. The molecule has 9 nitrogen and oxygen atoms in total. The summed E-state index contributed by atoms with van der Waals surface area (Å²) < 4.78 is 34.1. The number of amides is 1. The van der Waals surface area contributed by atoms with Crippen molar-refractivity contribution < 1.29 is 27.9 Å². The van der Waals surface area contributed by atoms with E-state index < -0.39 is 21.1 Å². The van der Waals surface area contributed by atoms with Gasteiger partial charge in [-0.25, -0.2) is 8.42 Å². The van der Waals surface area contributed by atoms with Crippen molar-refractivity contribution in [2.45, 2.75) is 54.7 Å². The van der Waals surface area contributed by atoms with E-state index in [2.05, 4.69) is 5.32 Å². The molecule has 0 aliphatic heterocycles. The normalized spacial score (nSPS) is 16.7. The van der Waals surface area contributed by atoms with Crippen molar-refractivity contribution in [1.29, 1.82) is 0 Å². The van der Waals surface area contributed by atoms with Crippen molar-refractivity contribution in [3.63, 3.8) is 0 Å². The van der Waals surface area contributed by atoms with Gasteiger partial charge in [-0.15, -0.1) is 0 Å². The minimum absolute atomic E-state index is 0.0476. The van der Waals surface area contributed by atoms with Crippen molar-refractivity contribution >= 4 is 44.9 Å². The number of carboxylic acid groups (broad SMARTS) is 1. The van der Waals surface area contributed by atoms with Crippen LogP contribution in [0, 0.1) is 0 Å². The second kappa shape index (κ2) is 14.1. The van der Waals surface area contributed by atoms with Crippen LogP contribution in [0.2, 0.25) is 10.0 Å². The summed E-state index contributed by atoms with van der Waals surface area (Å²) in [6.45, 7) is 0.471. The summed E-state index contributed by atoms with van der Waals surface area (Å²) >= 11 is 12.6. The molecule has 1 aliphatic rings. The average Bonchev–Trinajstić information content (AvgIpc) is 3.44. The van der Waals surface area contributed by atoms with Crippen LogP contribution in [0.25, 0.3) is 11.3 Å². The van der Waals surface area contributed by atoms with Gasteiger partial charge in [-0.2, -0.15) is 5.10 Å². The van der Waals surface area contributed by atoms with E-state index in [4.69, 9.17) is 38.1 Å². The number of carboxylic acids is 1. The summed E-state index contributed by atoms with van der Waals surface area (Å²) in [5, 5.41) is 16.8. The number of benzene rings is 3. The number of nitrogens with one attached hydrogen (secondary N) is 1. The Morgan fingerprint density at radius 3 is 2.31 bits per heavy atom. The summed E-state index contributed by atoms with van der Waals surface area (Å²) in [4.78, 5) is 23.4. The Morgan fingerprint density at radius 2 is 1.67 bits per heavy atom. The zero-order chi connectivity index (χ0) is 32.1. The van der Waals surface area contributed by atoms with Gasteiger partial charge in [0.15, 0.2) is 9.84 Å². The lowest BCUT2D eigenvalue weighted by molar-refractivity contribution is -0.136. The number of carbonyl (C=O) groups is 2. The monoisotopic (exact) mass is 669 g/mol. The van der Waals surface area contributed by atoms with E-state index in [-0.39, 0.29) is 29.7 Å². The fourth-order valence-electron chi connectivity index (χ4n) is 5.69. The van der Waals surface area contributed by atoms with Crippen molar-refractivity contribution in [2.24, 2.45) is 0 Å². The van der Waals surface area contributed by atoms with E-state index in [1.807, 2.05) is 22.9 Å². The molecule has 12 heteroatoms. The Balaban J connectivity index is 1.37. The number of nitrogens with zero attached hydrogens (tertiary/aromatic N) is 2. The molecule has 1 aromatic heterocycles. The third-order valence-electron chi connectivity index (χ3n) is 8.04. The quantitative estimate of drug-likeness (QED) is 0.184. The van der Waals surface area contributed by atoms with Crippen LogP contribution in [0.5, 0.6) is 5.75 Å². The van der Waals surface area contributed by atoms with E-state index in [1.54, 1.807) is 54.6 Å². The first-order valence-electron chi connectivity index (χ1n) is 14.5. The molecular formula is C33H33Cl2N3O6S. The summed E-state index contributed by atoms with van der Waals surface area (Å²) in [6, 6.07) is 21.0. The molecule has 0 unspecified atom stereocenters. The van der Waals surface area contributed by atoms with E-state index in [0.29, 0.717) is 59.3 Å². The van der Waals surface area contributed by atoms with Gasteiger partial charge in [-0.05, 0) is 85.8 Å². The zero-order valence-corrected chi connectivity index (χ0v) is 26.9. The number of rotatable bonds is 11. The highest BCUT2D eigenvalue weighted by molar-refractivity contribution is 7.92. The Morgan fingerprint density at radius 1 is 0.978 bits per heavy atom. The average molecular weight is 671 g/mol. The fourth-order valence-corrected chi connectivity index (χ4v) is 8.04. The molecule has 0 bridgehead atoms. The molecule has 4 aromatic rings. The standard InChI is InChI=1S/C33H33Cl2N3O6S/c1-44-27-3-2-4-29(18-27)45(42,43)28-11-9-22(10-12-28)31-19-30(24-15-25(34)17-26(35)16-24)37-38(31)20-21-5-7-23(8-6-21)33(41)36-14-13-32(39)40/h2-8,15-19,22,28H,9-14,20H2,1H3,(H,36,41)(H,39,40). The molecule has 0 spiro atoms. The highest BCUT2D eigenvalue weighted by Gasteiger charge is 2.34. The largest absolute Gasteiger partial charge is 0.497 e. The van der Waals surface area contributed by atoms with Gasteiger partial charge in [0.25, 0.3) is 5.91 Å². The molecule has 3 aromatic carbocycles. The Bertz CT molecular complexity index is 1780. The molecule has 1 fully saturated rings. The number of aliphatic carboxylic acids is 1.